The molecule has 2 saturated heterocycles. The summed E-state index contributed by atoms with van der Waals surface area (Å²) in [6, 6.07) is 11.5. The number of nitrogens with two attached hydrogens (primary N) is 1. The number of hydrogen-bond acceptors (Lipinski definition) is 4. The molecule has 6 rings (SSSR count). The number of carbonyl (C=O) groups is 1. The van der Waals surface area contributed by atoms with E-state index in [1.807, 2.05) is 11.3 Å². The fourth-order valence-corrected chi connectivity index (χ4v) is 9.52. The maximum absolute atomic E-state index is 14.6. The van der Waals surface area contributed by atoms with Gasteiger partial charge in [-0.15, -0.1) is 11.3 Å². The van der Waals surface area contributed by atoms with E-state index >= 15 is 0 Å². The van der Waals surface area contributed by atoms with Gasteiger partial charge in [-0.1, -0.05) is 49.6 Å². The minimum Gasteiger partial charge on any atom is -0.375 e. The van der Waals surface area contributed by atoms with E-state index in [0.717, 1.165) is 56.7 Å². The molecule has 5 atom stereocenters. The molecule has 1 aromatic carbocycles. The first-order valence-electron chi connectivity index (χ1n) is 14.8. The van der Waals surface area contributed by atoms with Gasteiger partial charge in [-0.2, -0.15) is 0 Å². The number of fused-ring (bicyclic) bond motifs is 2. The van der Waals surface area contributed by atoms with Crippen LogP contribution in [0.3, 0.4) is 0 Å². The van der Waals surface area contributed by atoms with Gasteiger partial charge in [0.05, 0.1) is 24.2 Å². The van der Waals surface area contributed by atoms with Crippen LogP contribution >= 0.6 is 11.3 Å². The van der Waals surface area contributed by atoms with Gasteiger partial charge in [0, 0.05) is 24.6 Å². The Morgan fingerprint density at radius 2 is 1.97 bits per heavy atom. The van der Waals surface area contributed by atoms with Gasteiger partial charge in [0.2, 0.25) is 5.91 Å². The Bertz CT molecular complexity index is 1080. The number of quaternary nitrogens is 1. The lowest BCUT2D eigenvalue weighted by Gasteiger charge is -2.47. The standard InChI is InChI=1S/C31H43N3O2S/c1-21(36-2)29-33-26-14-9-16-31(28(26)37-29)20-32-19-25(31)30(35)34-17-15-24(22-10-5-3-6-11-22)18-27(34)23-12-7-4-8-13-23/h3,5-6,10-11,21,23-25,27,32H,4,7-9,12-20H2,1-2H3/p+1/t21?,24-,25?,27+,31-/m1/s1. The molecular formula is C31H44N3O2S+. The molecule has 6 heteroatoms. The highest BCUT2D eigenvalue weighted by atomic mass is 32.1. The smallest absolute Gasteiger partial charge is 0.232 e. The zero-order valence-electron chi connectivity index (χ0n) is 22.7. The molecule has 1 aromatic heterocycles. The minimum atomic E-state index is -0.0541. The van der Waals surface area contributed by atoms with Crippen molar-refractivity contribution >= 4 is 17.2 Å². The summed E-state index contributed by atoms with van der Waals surface area (Å²) in [5.74, 6) is 1.74. The normalized spacial score (nSPS) is 31.4. The summed E-state index contributed by atoms with van der Waals surface area (Å²) in [5.41, 5.74) is 2.65. The number of methoxy groups -OCH3 is 1. The average Bonchev–Trinajstić information content (AvgIpc) is 3.59. The molecule has 200 valence electrons. The second-order valence-corrected chi connectivity index (χ2v) is 13.2. The number of amides is 1. The molecule has 2 aliphatic carbocycles. The number of piperidine rings is 1. The lowest BCUT2D eigenvalue weighted by Crippen LogP contribution is -2.82. The molecule has 1 amide bonds. The summed E-state index contributed by atoms with van der Waals surface area (Å²) < 4.78 is 5.63. The van der Waals surface area contributed by atoms with E-state index in [1.165, 1.54) is 48.2 Å². The van der Waals surface area contributed by atoms with Gasteiger partial charge in [0.1, 0.15) is 17.0 Å². The third kappa shape index (κ3) is 4.68. The zero-order valence-corrected chi connectivity index (χ0v) is 23.5. The van der Waals surface area contributed by atoms with Gasteiger partial charge in [-0.25, -0.2) is 4.98 Å². The first kappa shape index (κ1) is 25.5. The Labute approximate surface area is 226 Å². The van der Waals surface area contributed by atoms with Crippen LogP contribution in [0.2, 0.25) is 0 Å². The fourth-order valence-electron chi connectivity index (χ4n) is 8.09. The molecule has 0 radical (unpaired) electrons. The Kier molecular flexibility index (Phi) is 7.43. The van der Waals surface area contributed by atoms with E-state index < -0.39 is 0 Å². The van der Waals surface area contributed by atoms with E-state index in [9.17, 15) is 4.79 Å². The van der Waals surface area contributed by atoms with Crippen molar-refractivity contribution in [2.45, 2.75) is 94.6 Å². The molecule has 1 spiro atoms. The molecule has 2 N–H and O–H groups in total. The molecule has 37 heavy (non-hydrogen) atoms. The zero-order chi connectivity index (χ0) is 25.4. The second-order valence-electron chi connectivity index (χ2n) is 12.1. The van der Waals surface area contributed by atoms with E-state index in [1.54, 1.807) is 7.11 Å². The van der Waals surface area contributed by atoms with Crippen LogP contribution < -0.4 is 5.32 Å². The number of rotatable bonds is 5. The highest BCUT2D eigenvalue weighted by molar-refractivity contribution is 7.12. The number of thiazole rings is 1. The van der Waals surface area contributed by atoms with Crippen molar-refractivity contribution in [3.05, 3.63) is 51.5 Å². The van der Waals surface area contributed by atoms with E-state index in [4.69, 9.17) is 9.72 Å². The lowest BCUT2D eigenvalue weighted by atomic mass is 9.68. The molecule has 4 aliphatic rings. The predicted octanol–water partition coefficient (Wildman–Crippen LogP) is 4.97. The number of aromatic nitrogens is 1. The molecule has 2 aromatic rings. The lowest BCUT2D eigenvalue weighted by molar-refractivity contribution is -0.640. The number of hydrogen-bond donors (Lipinski definition) is 1. The van der Waals surface area contributed by atoms with Gasteiger partial charge < -0.3 is 15.0 Å². The quantitative estimate of drug-likeness (QED) is 0.603. The summed E-state index contributed by atoms with van der Waals surface area (Å²) in [7, 11) is 1.76. The SMILES string of the molecule is COC(C)c1nc2c(s1)[C@]1(CCC2)C[NH2+]CC1C(=O)N1CC[C@@H](c2ccccc2)C[C@H]1C1CCCCC1. The highest BCUT2D eigenvalue weighted by Crippen LogP contribution is 2.49. The largest absolute Gasteiger partial charge is 0.375 e. The van der Waals surface area contributed by atoms with Crippen molar-refractivity contribution in [1.82, 2.24) is 9.88 Å². The summed E-state index contributed by atoms with van der Waals surface area (Å²) >= 11 is 1.83. The molecular weight excluding hydrogens is 478 g/mol. The fraction of sp³-hybridized carbons (Fsp3) is 0.677. The predicted molar refractivity (Wildman–Crippen MR) is 148 cm³/mol. The van der Waals surface area contributed by atoms with Crippen LogP contribution in [-0.4, -0.2) is 48.6 Å². The third-order valence-corrected chi connectivity index (χ3v) is 11.7. The summed E-state index contributed by atoms with van der Waals surface area (Å²) in [6.45, 7) is 4.94. The number of likely N-dealkylation sites (tertiary alicyclic amines) is 1. The van der Waals surface area contributed by atoms with Crippen molar-refractivity contribution in [3.63, 3.8) is 0 Å². The number of ether oxygens (including phenoxy) is 1. The summed E-state index contributed by atoms with van der Waals surface area (Å²) in [6.07, 6.45) is 12.1. The van der Waals surface area contributed by atoms with E-state index in [-0.39, 0.29) is 17.4 Å². The monoisotopic (exact) mass is 522 g/mol. The van der Waals surface area contributed by atoms with Crippen LogP contribution in [0.5, 0.6) is 0 Å². The van der Waals surface area contributed by atoms with Gasteiger partial charge in [-0.05, 0) is 69.3 Å². The number of nitrogens with zero attached hydrogens (tertiary/aromatic N) is 2. The molecule has 0 bridgehead atoms. The molecule has 5 nitrogen and oxygen atoms in total. The van der Waals surface area contributed by atoms with Crippen molar-refractivity contribution in [3.8, 4) is 0 Å². The molecule has 2 aliphatic heterocycles. The van der Waals surface area contributed by atoms with E-state index in [2.05, 4.69) is 47.5 Å². The first-order chi connectivity index (χ1) is 18.1. The van der Waals surface area contributed by atoms with Gasteiger partial charge in [0.25, 0.3) is 0 Å². The first-order valence-corrected chi connectivity index (χ1v) is 15.6. The maximum Gasteiger partial charge on any atom is 0.232 e. The van der Waals surface area contributed by atoms with Crippen molar-refractivity contribution in [2.75, 3.05) is 26.7 Å². The molecule has 2 unspecified atom stereocenters. The molecule has 1 saturated carbocycles. The summed E-state index contributed by atoms with van der Waals surface area (Å²) in [5, 5.41) is 3.50. The Morgan fingerprint density at radius 3 is 2.76 bits per heavy atom. The number of benzene rings is 1. The molecule has 3 fully saturated rings. The summed E-state index contributed by atoms with van der Waals surface area (Å²) in [4.78, 5) is 23.5. The van der Waals surface area contributed by atoms with Crippen LogP contribution in [0.1, 0.15) is 97.9 Å². The average molecular weight is 523 g/mol. The Morgan fingerprint density at radius 1 is 1.16 bits per heavy atom. The maximum atomic E-state index is 14.6. The highest BCUT2D eigenvalue weighted by Gasteiger charge is 2.56. The van der Waals surface area contributed by atoms with Crippen LogP contribution in [-0.2, 0) is 21.4 Å². The van der Waals surface area contributed by atoms with Crippen LogP contribution in [0.15, 0.2) is 30.3 Å². The van der Waals surface area contributed by atoms with Gasteiger partial charge in [0.15, 0.2) is 0 Å². The van der Waals surface area contributed by atoms with Crippen molar-refractivity contribution < 1.29 is 14.8 Å². The van der Waals surface area contributed by atoms with Gasteiger partial charge >= 0.3 is 0 Å². The van der Waals surface area contributed by atoms with E-state index in [0.29, 0.717) is 23.8 Å². The van der Waals surface area contributed by atoms with Crippen LogP contribution in [0.4, 0.5) is 0 Å². The number of carbonyl (C=O) groups excluding carboxylic acids is 1. The van der Waals surface area contributed by atoms with Crippen molar-refractivity contribution in [2.24, 2.45) is 11.8 Å². The van der Waals surface area contributed by atoms with Crippen LogP contribution in [0.25, 0.3) is 0 Å². The van der Waals surface area contributed by atoms with Crippen LogP contribution in [0, 0.1) is 11.8 Å². The number of aryl methyl sites for hydroxylation is 1. The second kappa shape index (κ2) is 10.8. The van der Waals surface area contributed by atoms with Crippen molar-refractivity contribution in [1.29, 1.82) is 0 Å². The topological polar surface area (TPSA) is 59.0 Å². The minimum absolute atomic E-state index is 0.0138. The van der Waals surface area contributed by atoms with Gasteiger partial charge in [-0.3, -0.25) is 4.79 Å². The third-order valence-electron chi connectivity index (χ3n) is 10.2. The molecule has 3 heterocycles. The Hall–Kier alpha value is -1.76. The Balaban J connectivity index is 1.30.